The van der Waals surface area contributed by atoms with Crippen LogP contribution in [-0.4, -0.2) is 59.8 Å². The Bertz CT molecular complexity index is 986. The average molecular weight is 453 g/mol. The van der Waals surface area contributed by atoms with Gasteiger partial charge in [0, 0.05) is 50.0 Å². The molecular formula is C20H28N4O4S2. The molecule has 3 heterocycles. The number of piperidine rings is 1. The fourth-order valence-electron chi connectivity index (χ4n) is 4.39. The molecule has 0 unspecified atom stereocenters. The van der Waals surface area contributed by atoms with Gasteiger partial charge >= 0.3 is 0 Å². The predicted molar refractivity (Wildman–Crippen MR) is 113 cm³/mol. The minimum atomic E-state index is -3.59. The Morgan fingerprint density at radius 3 is 2.53 bits per heavy atom. The van der Waals surface area contributed by atoms with Crippen LogP contribution in [0.1, 0.15) is 50.8 Å². The Kier molecular flexibility index (Phi) is 6.26. The van der Waals surface area contributed by atoms with E-state index in [1.165, 1.54) is 23.6 Å². The van der Waals surface area contributed by atoms with Gasteiger partial charge in [-0.2, -0.15) is 9.29 Å². The number of carbonyl (C=O) groups is 1. The summed E-state index contributed by atoms with van der Waals surface area (Å²) in [6.07, 6.45) is 6.92. The first-order valence-corrected chi connectivity index (χ1v) is 12.8. The van der Waals surface area contributed by atoms with Crippen LogP contribution in [0.3, 0.4) is 0 Å². The fourth-order valence-corrected chi connectivity index (χ4v) is 7.17. The van der Waals surface area contributed by atoms with E-state index in [2.05, 4.69) is 10.1 Å². The number of aromatic nitrogens is 2. The van der Waals surface area contributed by atoms with Gasteiger partial charge in [0.25, 0.3) is 10.0 Å². The molecule has 1 saturated heterocycles. The number of sulfonamides is 1. The summed E-state index contributed by atoms with van der Waals surface area (Å²) < 4.78 is 32.9. The molecule has 0 atom stereocenters. The van der Waals surface area contributed by atoms with E-state index in [-0.39, 0.29) is 16.0 Å². The first kappa shape index (κ1) is 21.5. The van der Waals surface area contributed by atoms with Crippen molar-refractivity contribution < 1.29 is 17.7 Å². The van der Waals surface area contributed by atoms with Crippen LogP contribution in [0.4, 0.5) is 0 Å². The molecule has 2 aromatic heterocycles. The largest absolute Gasteiger partial charge is 0.343 e. The predicted octanol–water partition coefficient (Wildman–Crippen LogP) is 3.30. The van der Waals surface area contributed by atoms with Gasteiger partial charge in [-0.3, -0.25) is 4.79 Å². The van der Waals surface area contributed by atoms with Crippen molar-refractivity contribution in [3.05, 3.63) is 17.3 Å². The fraction of sp³-hybridized carbons (Fsp3) is 0.650. The summed E-state index contributed by atoms with van der Waals surface area (Å²) in [7, 11) is -1.68. The normalized spacial score (nSPS) is 19.8. The lowest BCUT2D eigenvalue weighted by molar-refractivity contribution is -0.138. The van der Waals surface area contributed by atoms with Gasteiger partial charge in [0.15, 0.2) is 0 Å². The van der Waals surface area contributed by atoms with E-state index in [9.17, 15) is 13.2 Å². The third kappa shape index (κ3) is 4.31. The summed E-state index contributed by atoms with van der Waals surface area (Å²) in [4.78, 5) is 19.0. The van der Waals surface area contributed by atoms with Crippen molar-refractivity contribution in [3.63, 3.8) is 0 Å². The summed E-state index contributed by atoms with van der Waals surface area (Å²) in [5.74, 6) is 0.903. The highest BCUT2D eigenvalue weighted by atomic mass is 32.2. The summed E-state index contributed by atoms with van der Waals surface area (Å²) in [6, 6.07) is 1.93. The number of thiophene rings is 1. The maximum Gasteiger partial charge on any atom is 0.252 e. The van der Waals surface area contributed by atoms with Crippen LogP contribution in [0.5, 0.6) is 0 Å². The van der Waals surface area contributed by atoms with Crippen LogP contribution >= 0.6 is 11.3 Å². The highest BCUT2D eigenvalue weighted by Crippen LogP contribution is 2.32. The molecule has 8 nitrogen and oxygen atoms in total. The lowest BCUT2D eigenvalue weighted by Crippen LogP contribution is -2.46. The van der Waals surface area contributed by atoms with Crippen molar-refractivity contribution in [2.75, 3.05) is 20.1 Å². The second kappa shape index (κ2) is 8.76. The molecule has 2 fully saturated rings. The molecule has 0 bridgehead atoms. The van der Waals surface area contributed by atoms with Crippen LogP contribution in [-0.2, 0) is 14.8 Å². The van der Waals surface area contributed by atoms with Crippen molar-refractivity contribution in [1.29, 1.82) is 0 Å². The zero-order valence-corrected chi connectivity index (χ0v) is 19.0. The molecule has 164 valence electrons. The van der Waals surface area contributed by atoms with E-state index < -0.39 is 10.0 Å². The summed E-state index contributed by atoms with van der Waals surface area (Å²) >= 11 is 1.16. The van der Waals surface area contributed by atoms with Gasteiger partial charge in [0.1, 0.15) is 4.21 Å². The molecular weight excluding hydrogens is 424 g/mol. The van der Waals surface area contributed by atoms with Crippen molar-refractivity contribution >= 4 is 27.3 Å². The van der Waals surface area contributed by atoms with Gasteiger partial charge in [-0.05, 0) is 31.7 Å². The Morgan fingerprint density at radius 2 is 1.90 bits per heavy atom. The Morgan fingerprint density at radius 1 is 1.20 bits per heavy atom. The third-order valence-electron chi connectivity index (χ3n) is 6.23. The molecule has 2 aromatic rings. The van der Waals surface area contributed by atoms with Crippen LogP contribution in [0.15, 0.2) is 20.2 Å². The van der Waals surface area contributed by atoms with Crippen LogP contribution in [0, 0.1) is 12.8 Å². The van der Waals surface area contributed by atoms with Crippen molar-refractivity contribution in [2.45, 2.75) is 62.1 Å². The quantitative estimate of drug-likeness (QED) is 0.691. The Balaban J connectivity index is 1.38. The standard InChI is InChI=1S/C20H28N4O4S2/c1-14-21-19(22-28-14)16-12-18(29-13-16)30(26,27)24-10-8-15(9-11-24)20(25)23(2)17-6-4-3-5-7-17/h12-13,15,17H,3-11H2,1-2H3. The second-order valence-corrected chi connectivity index (χ2v) is 11.3. The first-order valence-electron chi connectivity index (χ1n) is 10.5. The molecule has 4 rings (SSSR count). The number of rotatable bonds is 5. The van der Waals surface area contributed by atoms with E-state index in [1.807, 2.05) is 11.9 Å². The minimum Gasteiger partial charge on any atom is -0.343 e. The van der Waals surface area contributed by atoms with Crippen molar-refractivity contribution in [2.24, 2.45) is 5.92 Å². The zero-order chi connectivity index (χ0) is 21.3. The molecule has 0 spiro atoms. The summed E-state index contributed by atoms with van der Waals surface area (Å²) in [5.41, 5.74) is 0.634. The number of nitrogens with zero attached hydrogens (tertiary/aromatic N) is 4. The average Bonchev–Trinajstić information content (AvgIpc) is 3.43. The van der Waals surface area contributed by atoms with Gasteiger partial charge in [-0.25, -0.2) is 8.42 Å². The van der Waals surface area contributed by atoms with E-state index in [1.54, 1.807) is 18.4 Å². The lowest BCUT2D eigenvalue weighted by atomic mass is 9.91. The molecule has 1 aliphatic carbocycles. The van der Waals surface area contributed by atoms with Crippen molar-refractivity contribution in [1.82, 2.24) is 19.3 Å². The highest BCUT2D eigenvalue weighted by Gasteiger charge is 2.35. The topological polar surface area (TPSA) is 96.6 Å². The van der Waals surface area contributed by atoms with Gasteiger partial charge in [0.05, 0.1) is 0 Å². The van der Waals surface area contributed by atoms with Crippen LogP contribution in [0.25, 0.3) is 11.4 Å². The maximum atomic E-state index is 13.1. The van der Waals surface area contributed by atoms with E-state index >= 15 is 0 Å². The molecule has 1 aliphatic heterocycles. The Labute approximate surface area is 181 Å². The molecule has 0 aromatic carbocycles. The molecule has 30 heavy (non-hydrogen) atoms. The second-order valence-electron chi connectivity index (χ2n) is 8.21. The SMILES string of the molecule is Cc1nc(-c2csc(S(=O)(=O)N3CCC(C(=O)N(C)C4CCCCC4)CC3)c2)no1. The summed E-state index contributed by atoms with van der Waals surface area (Å²) in [6.45, 7) is 2.43. The molecule has 0 N–H and O–H groups in total. The lowest BCUT2D eigenvalue weighted by Gasteiger charge is -2.36. The minimum absolute atomic E-state index is 0.0930. The monoisotopic (exact) mass is 452 g/mol. The third-order valence-corrected chi connectivity index (χ3v) is 9.54. The molecule has 1 saturated carbocycles. The smallest absolute Gasteiger partial charge is 0.252 e. The van der Waals surface area contributed by atoms with Crippen LogP contribution < -0.4 is 0 Å². The number of amides is 1. The van der Waals surface area contributed by atoms with Gasteiger partial charge in [0.2, 0.25) is 17.6 Å². The van der Waals surface area contributed by atoms with Gasteiger partial charge in [-0.15, -0.1) is 11.3 Å². The van der Waals surface area contributed by atoms with E-state index in [0.29, 0.717) is 49.3 Å². The zero-order valence-electron chi connectivity index (χ0n) is 17.4. The molecule has 1 amide bonds. The van der Waals surface area contributed by atoms with E-state index in [4.69, 9.17) is 4.52 Å². The molecule has 10 heteroatoms. The number of hydrogen-bond acceptors (Lipinski definition) is 7. The van der Waals surface area contributed by atoms with Gasteiger partial charge in [-0.1, -0.05) is 24.4 Å². The van der Waals surface area contributed by atoms with Crippen molar-refractivity contribution in [3.8, 4) is 11.4 Å². The van der Waals surface area contributed by atoms with E-state index in [0.717, 1.165) is 24.2 Å². The molecule has 0 radical (unpaired) electrons. The number of carbonyl (C=O) groups excluding carboxylic acids is 1. The molecule has 2 aliphatic rings. The van der Waals surface area contributed by atoms with Crippen LogP contribution in [0.2, 0.25) is 0 Å². The maximum absolute atomic E-state index is 13.1. The number of hydrogen-bond donors (Lipinski definition) is 0. The Hall–Kier alpha value is -1.78. The summed E-state index contributed by atoms with van der Waals surface area (Å²) in [5, 5.41) is 5.58. The highest BCUT2D eigenvalue weighted by molar-refractivity contribution is 7.91. The first-order chi connectivity index (χ1) is 14.4. The number of aryl methyl sites for hydroxylation is 1. The van der Waals surface area contributed by atoms with Gasteiger partial charge < -0.3 is 9.42 Å².